The van der Waals surface area contributed by atoms with Gasteiger partial charge in [-0.3, -0.25) is 0 Å². The largest absolute Gasteiger partial charge is 0.455 e. The maximum Gasteiger partial charge on any atom is 0.143 e. The van der Waals surface area contributed by atoms with Gasteiger partial charge in [-0.15, -0.1) is 0 Å². The lowest BCUT2D eigenvalue weighted by molar-refractivity contribution is 0.672. The first-order valence-electron chi connectivity index (χ1n) is 14.7. The summed E-state index contributed by atoms with van der Waals surface area (Å²) in [5.74, 6) is 0. The Morgan fingerprint density at radius 1 is 0.349 bits per heavy atom. The fourth-order valence-electron chi connectivity index (χ4n) is 7.27. The Morgan fingerprint density at radius 3 is 1.70 bits per heavy atom. The summed E-state index contributed by atoms with van der Waals surface area (Å²) in [7, 11) is 0. The first kappa shape index (κ1) is 22.8. The zero-order valence-corrected chi connectivity index (χ0v) is 23.2. The zero-order chi connectivity index (χ0) is 28.1. The van der Waals surface area contributed by atoms with Crippen LogP contribution in [-0.2, 0) is 0 Å². The highest BCUT2D eigenvalue weighted by molar-refractivity contribution is 6.24. The number of furan rings is 1. The first-order chi connectivity index (χ1) is 21.3. The zero-order valence-electron chi connectivity index (χ0n) is 23.2. The van der Waals surface area contributed by atoms with Crippen molar-refractivity contribution in [2.75, 3.05) is 0 Å². The van der Waals surface area contributed by atoms with E-state index in [4.69, 9.17) is 4.42 Å². The van der Waals surface area contributed by atoms with E-state index in [0.717, 1.165) is 33.0 Å². The van der Waals surface area contributed by atoms with Gasteiger partial charge in [0.05, 0.1) is 22.1 Å². The molecule has 200 valence electrons. The molecule has 3 aromatic heterocycles. The molecule has 0 unspecified atom stereocenters. The van der Waals surface area contributed by atoms with Crippen LogP contribution in [0.5, 0.6) is 0 Å². The van der Waals surface area contributed by atoms with Gasteiger partial charge in [-0.1, -0.05) is 84.9 Å². The van der Waals surface area contributed by atoms with E-state index in [0.29, 0.717) is 0 Å². The molecule has 0 N–H and O–H groups in total. The van der Waals surface area contributed by atoms with E-state index < -0.39 is 0 Å². The topological polar surface area (TPSA) is 23.0 Å². The van der Waals surface area contributed by atoms with Crippen molar-refractivity contribution in [2.45, 2.75) is 0 Å². The normalized spacial score (nSPS) is 12.2. The predicted octanol–water partition coefficient (Wildman–Crippen LogP) is 10.9. The molecule has 10 rings (SSSR count). The van der Waals surface area contributed by atoms with E-state index in [1.54, 1.807) is 0 Å². The molecule has 0 spiro atoms. The van der Waals surface area contributed by atoms with Crippen LogP contribution in [0.15, 0.2) is 150 Å². The highest BCUT2D eigenvalue weighted by Crippen LogP contribution is 2.42. The number of hydrogen-bond acceptors (Lipinski definition) is 1. The number of fused-ring (bicyclic) bond motifs is 12. The summed E-state index contributed by atoms with van der Waals surface area (Å²) in [5.41, 5.74) is 8.98. The number of benzene rings is 7. The molecular formula is C40H24N2O. The fourth-order valence-corrected chi connectivity index (χ4v) is 7.27. The molecule has 0 aliphatic rings. The lowest BCUT2D eigenvalue weighted by Gasteiger charge is -2.11. The standard InChI is InChI=1S/C40H24N2O/c1-2-10-25(11-3-1)41-35-15-7-5-13-28(35)34-24-26(18-23-37(34)41)42-36-16-8-4-12-27(36)30-19-22-33-31(39(30)42)20-21-32-29-14-6-9-17-38(29)43-40(32)33/h1-24H. The number of nitrogens with zero attached hydrogens (tertiary/aromatic N) is 2. The SMILES string of the molecule is c1ccc(-n2c3ccccc3c3cc(-n4c5ccccc5c5ccc6c(ccc7c8ccccc8oc76)c54)ccc32)cc1. The van der Waals surface area contributed by atoms with Gasteiger partial charge < -0.3 is 13.6 Å². The molecule has 0 radical (unpaired) electrons. The van der Waals surface area contributed by atoms with Crippen LogP contribution in [0.4, 0.5) is 0 Å². The molecule has 0 aliphatic carbocycles. The molecule has 0 atom stereocenters. The van der Waals surface area contributed by atoms with Crippen LogP contribution in [0, 0.1) is 0 Å². The van der Waals surface area contributed by atoms with Gasteiger partial charge in [-0.05, 0) is 60.7 Å². The summed E-state index contributed by atoms with van der Waals surface area (Å²) in [5, 5.41) is 9.60. The van der Waals surface area contributed by atoms with E-state index >= 15 is 0 Å². The van der Waals surface area contributed by atoms with Crippen molar-refractivity contribution in [3.63, 3.8) is 0 Å². The van der Waals surface area contributed by atoms with Gasteiger partial charge in [-0.2, -0.15) is 0 Å². The Balaban J connectivity index is 1.33. The summed E-state index contributed by atoms with van der Waals surface area (Å²) < 4.78 is 11.3. The van der Waals surface area contributed by atoms with Gasteiger partial charge in [0.2, 0.25) is 0 Å². The number of rotatable bonds is 2. The van der Waals surface area contributed by atoms with Crippen LogP contribution in [-0.4, -0.2) is 9.13 Å². The van der Waals surface area contributed by atoms with Crippen LogP contribution in [0.1, 0.15) is 0 Å². The summed E-state index contributed by atoms with van der Waals surface area (Å²) in [6, 6.07) is 52.3. The van der Waals surface area contributed by atoms with Crippen molar-refractivity contribution >= 4 is 76.3 Å². The monoisotopic (exact) mass is 548 g/mol. The molecule has 0 bridgehead atoms. The molecule has 10 aromatic rings. The molecule has 3 heterocycles. The van der Waals surface area contributed by atoms with Crippen LogP contribution >= 0.6 is 0 Å². The molecule has 3 heteroatoms. The van der Waals surface area contributed by atoms with Crippen LogP contribution in [0.2, 0.25) is 0 Å². The van der Waals surface area contributed by atoms with E-state index in [2.05, 4.69) is 149 Å². The van der Waals surface area contributed by atoms with Gasteiger partial charge in [0.1, 0.15) is 11.2 Å². The molecule has 0 amide bonds. The Morgan fingerprint density at radius 2 is 0.907 bits per heavy atom. The van der Waals surface area contributed by atoms with Crippen LogP contribution in [0.25, 0.3) is 87.7 Å². The number of hydrogen-bond donors (Lipinski definition) is 0. The third-order valence-corrected chi connectivity index (χ3v) is 9.10. The summed E-state index contributed by atoms with van der Waals surface area (Å²) in [6.07, 6.45) is 0. The Bertz CT molecular complexity index is 2720. The average molecular weight is 549 g/mol. The van der Waals surface area contributed by atoms with Crippen molar-refractivity contribution in [3.8, 4) is 11.4 Å². The van der Waals surface area contributed by atoms with E-state index in [1.807, 2.05) is 6.07 Å². The maximum absolute atomic E-state index is 6.47. The van der Waals surface area contributed by atoms with Gasteiger partial charge in [0, 0.05) is 54.5 Å². The lowest BCUT2D eigenvalue weighted by Crippen LogP contribution is -1.96. The van der Waals surface area contributed by atoms with Gasteiger partial charge in [0.15, 0.2) is 0 Å². The summed E-state index contributed by atoms with van der Waals surface area (Å²) in [6.45, 7) is 0. The predicted molar refractivity (Wildman–Crippen MR) is 180 cm³/mol. The lowest BCUT2D eigenvalue weighted by atomic mass is 10.0. The minimum atomic E-state index is 0.922. The Labute approximate surface area is 246 Å². The third-order valence-electron chi connectivity index (χ3n) is 9.10. The third kappa shape index (κ3) is 3.03. The highest BCUT2D eigenvalue weighted by atomic mass is 16.3. The molecule has 0 saturated carbocycles. The fraction of sp³-hybridized carbons (Fsp3) is 0. The van der Waals surface area contributed by atoms with Crippen molar-refractivity contribution in [1.82, 2.24) is 9.13 Å². The molecule has 3 nitrogen and oxygen atoms in total. The number of aromatic nitrogens is 2. The molecule has 0 aliphatic heterocycles. The molecule has 43 heavy (non-hydrogen) atoms. The van der Waals surface area contributed by atoms with Crippen LogP contribution in [0.3, 0.4) is 0 Å². The number of para-hydroxylation sites is 4. The molecular weight excluding hydrogens is 524 g/mol. The Kier molecular flexibility index (Phi) is 4.45. The van der Waals surface area contributed by atoms with Gasteiger partial charge in [-0.25, -0.2) is 0 Å². The second-order valence-corrected chi connectivity index (χ2v) is 11.3. The quantitative estimate of drug-likeness (QED) is 0.211. The van der Waals surface area contributed by atoms with Crippen molar-refractivity contribution in [2.24, 2.45) is 0 Å². The maximum atomic E-state index is 6.47. The van der Waals surface area contributed by atoms with Crippen molar-refractivity contribution in [1.29, 1.82) is 0 Å². The summed E-state index contributed by atoms with van der Waals surface area (Å²) in [4.78, 5) is 0. The second-order valence-electron chi connectivity index (χ2n) is 11.3. The van der Waals surface area contributed by atoms with Gasteiger partial charge >= 0.3 is 0 Å². The minimum absolute atomic E-state index is 0.922. The molecule has 0 fully saturated rings. The average Bonchev–Trinajstić information content (AvgIpc) is 3.73. The van der Waals surface area contributed by atoms with Crippen LogP contribution < -0.4 is 0 Å². The molecule has 0 saturated heterocycles. The van der Waals surface area contributed by atoms with Crippen molar-refractivity contribution in [3.05, 3.63) is 146 Å². The van der Waals surface area contributed by atoms with Gasteiger partial charge in [0.25, 0.3) is 0 Å². The highest BCUT2D eigenvalue weighted by Gasteiger charge is 2.19. The minimum Gasteiger partial charge on any atom is -0.455 e. The van der Waals surface area contributed by atoms with E-state index in [1.165, 1.54) is 54.7 Å². The summed E-state index contributed by atoms with van der Waals surface area (Å²) >= 11 is 0. The van der Waals surface area contributed by atoms with E-state index in [9.17, 15) is 0 Å². The van der Waals surface area contributed by atoms with E-state index in [-0.39, 0.29) is 0 Å². The smallest absolute Gasteiger partial charge is 0.143 e. The second kappa shape index (κ2) is 8.37. The van der Waals surface area contributed by atoms with Crippen molar-refractivity contribution < 1.29 is 4.42 Å². The molecule has 7 aromatic carbocycles. The Hall–Kier alpha value is -5.80. The first-order valence-corrected chi connectivity index (χ1v) is 14.7.